The molecule has 8 fully saturated rings. The molecule has 97 heavy (non-hydrogen) atoms. The van der Waals surface area contributed by atoms with Gasteiger partial charge in [0, 0.05) is 20.8 Å². The van der Waals surface area contributed by atoms with Gasteiger partial charge in [-0.2, -0.15) is 0 Å². The van der Waals surface area contributed by atoms with E-state index in [9.17, 15) is 127 Å². The highest BCUT2D eigenvalue weighted by molar-refractivity contribution is 5.74. The molecule has 0 aromatic rings. The predicted molar refractivity (Wildman–Crippen MR) is 298 cm³/mol. The number of rotatable bonds is 24. The Hall–Kier alpha value is -3.07. The van der Waals surface area contributed by atoms with Gasteiger partial charge >= 0.3 is 0 Å². The zero-order chi connectivity index (χ0) is 71.5. The van der Waals surface area contributed by atoms with Gasteiger partial charge in [0.2, 0.25) is 17.7 Å². The molecule has 0 radical (unpaired) electrons. The number of carbonyl (C=O) groups is 3. The summed E-state index contributed by atoms with van der Waals surface area (Å²) >= 11 is 0. The van der Waals surface area contributed by atoms with Crippen LogP contribution in [0.1, 0.15) is 27.7 Å². The Bertz CT molecular complexity index is 2490. The highest BCUT2D eigenvalue weighted by Gasteiger charge is 2.59. The second-order valence-corrected chi connectivity index (χ2v) is 24.6. The second kappa shape index (κ2) is 34.5. The third-order valence-corrected chi connectivity index (χ3v) is 17.8. The SMILES string of the molecule is CC(=O)N[C@@H]1[C@@H](O)[C@H](O[C@@H]2O[C@H](CO)[C@@H](O[C@@H]3O[C@H](CO[C@H]4O[C@H](CO)[C@@H](O)[C@H](O)[C@@H]4O[C@H]4O[C@H](CO)[C@@H](O[C@@H]5O[C@H](CO)[C@H](O)[C@H](O)[C@H]5O)[C@H](O)[C@H]4NC(C)=O)[C@@H](O)[C@H](O[C@@H]4O[C@H](CO)[C@@H](O)[C@H](O)[C@@H]4O)[C@@H]3O)[C@H](O)[C@H]2NC(C)=O)[C@@H](CO[C@H]2O[C@@H](C)[C@@H](O)[C@@H](O)[C@@H]2O)O[C@@H]1O. The van der Waals surface area contributed by atoms with Gasteiger partial charge in [0.1, 0.15) is 189 Å². The van der Waals surface area contributed by atoms with Gasteiger partial charge in [-0.1, -0.05) is 0 Å². The molecule has 43 nitrogen and oxygen atoms in total. The van der Waals surface area contributed by atoms with Gasteiger partial charge < -0.3 is 199 Å². The van der Waals surface area contributed by atoms with Crippen molar-refractivity contribution in [3.05, 3.63) is 0 Å². The maximum absolute atomic E-state index is 13.0. The Morgan fingerprint density at radius 2 is 0.619 bits per heavy atom. The molecule has 0 bridgehead atoms. The van der Waals surface area contributed by atoms with Crippen LogP contribution in [0.5, 0.6) is 0 Å². The lowest BCUT2D eigenvalue weighted by Gasteiger charge is -2.50. The fourth-order valence-electron chi connectivity index (χ4n) is 12.4. The first-order chi connectivity index (χ1) is 45.8. The van der Waals surface area contributed by atoms with Crippen LogP contribution in [-0.2, 0) is 85.4 Å². The topological polar surface area (TPSA) is 671 Å². The van der Waals surface area contributed by atoms with Crippen LogP contribution < -0.4 is 16.0 Å². The Morgan fingerprint density at radius 1 is 0.289 bits per heavy atom. The van der Waals surface area contributed by atoms with Crippen LogP contribution in [0, 0.1) is 0 Å². The minimum absolute atomic E-state index is 0.790. The van der Waals surface area contributed by atoms with E-state index in [0.29, 0.717) is 0 Å². The molecular weight excluding hydrogens is 1330 g/mol. The van der Waals surface area contributed by atoms with Gasteiger partial charge in [-0.05, 0) is 6.92 Å². The number of carbonyl (C=O) groups excluding carboxylic acids is 3. The molecule has 0 aromatic carbocycles. The lowest BCUT2D eigenvalue weighted by Crippen LogP contribution is -2.70. The summed E-state index contributed by atoms with van der Waals surface area (Å²) in [6, 6.07) is -5.42. The average molecular weight is 1420 g/mol. The molecule has 40 atom stereocenters. The summed E-state index contributed by atoms with van der Waals surface area (Å²) in [6.45, 7) is -2.76. The molecule has 0 aliphatic carbocycles. The van der Waals surface area contributed by atoms with E-state index in [-0.39, 0.29) is 0 Å². The van der Waals surface area contributed by atoms with Gasteiger partial charge in [0.15, 0.2) is 50.3 Å². The predicted octanol–water partition coefficient (Wildman–Crippen LogP) is -17.0. The molecule has 8 saturated heterocycles. The third kappa shape index (κ3) is 17.6. The lowest BCUT2D eigenvalue weighted by atomic mass is 9.93. The van der Waals surface area contributed by atoms with Gasteiger partial charge in [0.25, 0.3) is 0 Å². The van der Waals surface area contributed by atoms with Gasteiger partial charge in [-0.25, -0.2) is 0 Å². The Kier molecular flexibility index (Phi) is 28.3. The van der Waals surface area contributed by atoms with E-state index in [0.717, 1.165) is 20.8 Å². The van der Waals surface area contributed by atoms with Crippen LogP contribution in [0.3, 0.4) is 0 Å². The number of nitrogens with one attached hydrogen (secondary N) is 3. The summed E-state index contributed by atoms with van der Waals surface area (Å²) < 4.78 is 87.6. The van der Waals surface area contributed by atoms with Gasteiger partial charge in [0.05, 0.1) is 52.4 Å². The Morgan fingerprint density at radius 3 is 1.08 bits per heavy atom. The fraction of sp³-hybridized carbons (Fsp3) is 0.944. The van der Waals surface area contributed by atoms with Gasteiger partial charge in [-0.15, -0.1) is 0 Å². The maximum atomic E-state index is 13.0. The normalized spacial score (nSPS) is 49.9. The number of hydrogen-bond acceptors (Lipinski definition) is 40. The molecular formula is C54H91N3O40. The number of aliphatic hydroxyl groups excluding tert-OH is 22. The standard InChI is InChI=1S/C54H91N3O40/c1-12-26(66)34(74)38(78)50(85-12)83-11-22-44(31(71)23(47(82)86-22)55-13(2)63)93-48-24(56-14(3)64)32(72)43(20(9-62)90-48)95-53-41(81)45(96-52-40(80)36(76)28(68)17(6-59)88-52)30(70)21(92-53)10-84-54-46(37(77)29(69)18(7-60)89-54)97-49-25(57-15(4)65)33(73)42(19(8-61)91-49)94-51-39(79)35(75)27(67)16(5-58)87-51/h12,16-54,58-62,66-82H,5-11H2,1-4H3,(H,55,63)(H,56,64)(H,57,65)/t12-,16+,17+,18+,19+,20+,21+,22+,23+,24+,25+,26+,27-,28+,29+,30+,31+,32+,33+,34+,35-,36-,37-,38-,39+,40-,41-,42+,43+,44+,45-,46-,47-,48-,49+,50-,51-,52-,53-,54-/m0/s1. The third-order valence-electron chi connectivity index (χ3n) is 17.8. The number of hydrogen-bond donors (Lipinski definition) is 25. The van der Waals surface area contributed by atoms with Crippen LogP contribution >= 0.6 is 0 Å². The van der Waals surface area contributed by atoms with Crippen molar-refractivity contribution in [2.45, 2.75) is 273 Å². The average Bonchev–Trinajstić information content (AvgIpc) is 0.777. The quantitative estimate of drug-likeness (QED) is 0.0427. The Balaban J connectivity index is 1.07. The van der Waals surface area contributed by atoms with E-state index >= 15 is 0 Å². The summed E-state index contributed by atoms with van der Waals surface area (Å²) in [4.78, 5) is 38.0. The smallest absolute Gasteiger partial charge is 0.217 e. The number of amides is 3. The molecule has 8 rings (SSSR count). The molecule has 25 N–H and O–H groups in total. The van der Waals surface area contributed by atoms with Crippen molar-refractivity contribution in [2.24, 2.45) is 0 Å². The summed E-state index contributed by atoms with van der Waals surface area (Å²) in [5.41, 5.74) is 0. The first-order valence-corrected chi connectivity index (χ1v) is 31.0. The summed E-state index contributed by atoms with van der Waals surface area (Å²) in [5, 5.41) is 247. The van der Waals surface area contributed by atoms with Crippen molar-refractivity contribution in [2.75, 3.05) is 46.2 Å². The molecule has 0 saturated carbocycles. The highest BCUT2D eigenvalue weighted by atomic mass is 16.8. The molecule has 0 unspecified atom stereocenters. The van der Waals surface area contributed by atoms with Crippen molar-refractivity contribution in [1.29, 1.82) is 0 Å². The van der Waals surface area contributed by atoms with E-state index < -0.39 is 309 Å². The minimum atomic E-state index is -2.39. The molecule has 0 spiro atoms. The van der Waals surface area contributed by atoms with Gasteiger partial charge in [-0.3, -0.25) is 14.4 Å². The second-order valence-electron chi connectivity index (χ2n) is 24.6. The molecule has 3 amide bonds. The summed E-state index contributed by atoms with van der Waals surface area (Å²) in [5.74, 6) is -2.60. The van der Waals surface area contributed by atoms with E-state index in [2.05, 4.69) is 16.0 Å². The fourth-order valence-corrected chi connectivity index (χ4v) is 12.4. The first-order valence-electron chi connectivity index (χ1n) is 31.0. The first kappa shape index (κ1) is 79.6. The summed E-state index contributed by atoms with van der Waals surface area (Å²) in [6.07, 6.45) is -72.4. The van der Waals surface area contributed by atoms with Crippen molar-refractivity contribution in [3.8, 4) is 0 Å². The summed E-state index contributed by atoms with van der Waals surface area (Å²) in [7, 11) is 0. The van der Waals surface area contributed by atoms with Crippen molar-refractivity contribution in [3.63, 3.8) is 0 Å². The molecule has 0 aromatic heterocycles. The highest BCUT2D eigenvalue weighted by Crippen LogP contribution is 2.38. The number of aliphatic hydroxyl groups is 22. The molecule has 562 valence electrons. The molecule has 8 aliphatic heterocycles. The lowest BCUT2D eigenvalue weighted by molar-refractivity contribution is -0.389. The molecule has 8 aliphatic rings. The zero-order valence-electron chi connectivity index (χ0n) is 52.2. The van der Waals surface area contributed by atoms with E-state index in [1.54, 1.807) is 0 Å². The largest absolute Gasteiger partial charge is 0.394 e. The van der Waals surface area contributed by atoms with Crippen molar-refractivity contribution in [1.82, 2.24) is 16.0 Å². The minimum Gasteiger partial charge on any atom is -0.394 e. The van der Waals surface area contributed by atoms with Crippen molar-refractivity contribution >= 4 is 17.7 Å². The van der Waals surface area contributed by atoms with E-state index in [1.807, 2.05) is 0 Å². The Labute approximate surface area is 549 Å². The zero-order valence-corrected chi connectivity index (χ0v) is 52.2. The van der Waals surface area contributed by atoms with Crippen LogP contribution in [-0.4, -0.2) is 422 Å². The van der Waals surface area contributed by atoms with E-state index in [1.165, 1.54) is 6.92 Å². The van der Waals surface area contributed by atoms with Crippen LogP contribution in [0.2, 0.25) is 0 Å². The van der Waals surface area contributed by atoms with Crippen LogP contribution in [0.15, 0.2) is 0 Å². The van der Waals surface area contributed by atoms with Crippen molar-refractivity contribution < 1.29 is 198 Å². The monoisotopic (exact) mass is 1420 g/mol. The van der Waals surface area contributed by atoms with Crippen LogP contribution in [0.25, 0.3) is 0 Å². The molecule has 43 heteroatoms. The number of ether oxygens (including phenoxy) is 15. The van der Waals surface area contributed by atoms with E-state index in [4.69, 9.17) is 71.1 Å². The maximum Gasteiger partial charge on any atom is 0.217 e. The van der Waals surface area contributed by atoms with Crippen LogP contribution in [0.4, 0.5) is 0 Å². The molecule has 8 heterocycles.